The van der Waals surface area contributed by atoms with Gasteiger partial charge < -0.3 is 9.47 Å². The van der Waals surface area contributed by atoms with E-state index in [4.69, 9.17) is 4.74 Å². The molecule has 0 aliphatic carbocycles. The summed E-state index contributed by atoms with van der Waals surface area (Å²) in [5.41, 5.74) is 0. The number of hydrogen-bond acceptors (Lipinski definition) is 4. The van der Waals surface area contributed by atoms with Gasteiger partial charge in [0.2, 0.25) is 0 Å². The summed E-state index contributed by atoms with van der Waals surface area (Å²) >= 11 is 0. The van der Waals surface area contributed by atoms with Crippen LogP contribution in [0.5, 0.6) is 5.75 Å². The van der Waals surface area contributed by atoms with E-state index >= 15 is 0 Å². The van der Waals surface area contributed by atoms with Gasteiger partial charge in [-0.1, -0.05) is 12.7 Å². The van der Waals surface area contributed by atoms with Crippen LogP contribution in [0, 0.1) is 0 Å². The molecule has 0 amide bonds. The summed E-state index contributed by atoms with van der Waals surface area (Å²) in [6.45, 7) is 4.03. The predicted octanol–water partition coefficient (Wildman–Crippen LogP) is 0.621. The van der Waals surface area contributed by atoms with E-state index < -0.39 is 0 Å². The Morgan fingerprint density at radius 2 is 2.57 bits per heavy atom. The molecule has 0 unspecified atom stereocenters. The Bertz CT molecular complexity index is 320. The van der Waals surface area contributed by atoms with Gasteiger partial charge in [-0.15, -0.1) is 0 Å². The molecule has 0 saturated carbocycles. The van der Waals surface area contributed by atoms with Crippen molar-refractivity contribution in [2.24, 2.45) is 0 Å². The molecule has 0 aromatic carbocycles. The van der Waals surface area contributed by atoms with Gasteiger partial charge in [0, 0.05) is 0 Å². The zero-order chi connectivity index (χ0) is 10.4. The third-order valence-electron chi connectivity index (χ3n) is 1.50. The molecule has 0 bridgehead atoms. The number of hydrogen-bond donors (Lipinski definition) is 0. The highest BCUT2D eigenvalue weighted by Gasteiger charge is 2.03. The molecule has 1 heterocycles. The van der Waals surface area contributed by atoms with Crippen LogP contribution in [0.25, 0.3) is 0 Å². The minimum absolute atomic E-state index is 0.0912. The molecule has 5 nitrogen and oxygen atoms in total. The summed E-state index contributed by atoms with van der Waals surface area (Å²) in [6, 6.07) is 0. The van der Waals surface area contributed by atoms with E-state index in [-0.39, 0.29) is 12.5 Å². The second-order valence-corrected chi connectivity index (χ2v) is 2.55. The molecule has 0 N–H and O–H groups in total. The Morgan fingerprint density at radius 3 is 3.21 bits per heavy atom. The van der Waals surface area contributed by atoms with E-state index in [2.05, 4.69) is 16.4 Å². The van der Waals surface area contributed by atoms with Gasteiger partial charge in [-0.2, -0.15) is 5.10 Å². The minimum atomic E-state index is -0.344. The number of aromatic nitrogens is 2. The Hall–Kier alpha value is -1.78. The van der Waals surface area contributed by atoms with Crippen molar-refractivity contribution in [1.82, 2.24) is 9.78 Å². The summed E-state index contributed by atoms with van der Waals surface area (Å²) < 4.78 is 11.1. The highest BCUT2D eigenvalue weighted by atomic mass is 16.5. The number of methoxy groups -OCH3 is 1. The second-order valence-electron chi connectivity index (χ2n) is 2.55. The maximum atomic E-state index is 10.9. The molecule has 0 fully saturated rings. The number of esters is 1. The van der Waals surface area contributed by atoms with Gasteiger partial charge in [-0.25, -0.2) is 0 Å². The van der Waals surface area contributed by atoms with E-state index in [1.807, 2.05) is 0 Å². The Labute approximate surface area is 81.9 Å². The van der Waals surface area contributed by atoms with Gasteiger partial charge in [0.25, 0.3) is 0 Å². The average molecular weight is 196 g/mol. The van der Waals surface area contributed by atoms with Crippen molar-refractivity contribution in [1.29, 1.82) is 0 Å². The lowest BCUT2D eigenvalue weighted by molar-refractivity contribution is -0.141. The van der Waals surface area contributed by atoms with Gasteiger partial charge >= 0.3 is 5.97 Å². The molecule has 1 aromatic rings. The van der Waals surface area contributed by atoms with Crippen LogP contribution in [0.15, 0.2) is 25.0 Å². The summed E-state index contributed by atoms with van der Waals surface area (Å²) in [5.74, 6) is 0.261. The molecule has 0 aliphatic heterocycles. The fraction of sp³-hybridized carbons (Fsp3) is 0.333. The fourth-order valence-corrected chi connectivity index (χ4v) is 0.858. The smallest absolute Gasteiger partial charge is 0.327 e. The van der Waals surface area contributed by atoms with Crippen LogP contribution in [0.1, 0.15) is 0 Å². The Kier molecular flexibility index (Phi) is 3.72. The maximum Gasteiger partial charge on any atom is 0.327 e. The lowest BCUT2D eigenvalue weighted by Gasteiger charge is -1.98. The van der Waals surface area contributed by atoms with Crippen LogP contribution in [0.3, 0.4) is 0 Å². The van der Waals surface area contributed by atoms with Gasteiger partial charge in [0.1, 0.15) is 13.2 Å². The summed E-state index contributed by atoms with van der Waals surface area (Å²) in [5, 5.41) is 3.91. The standard InChI is InChI=1S/C9H12N2O3/c1-3-4-14-8-5-10-11(6-8)7-9(12)13-2/h3,5-6H,1,4,7H2,2H3. The van der Waals surface area contributed by atoms with E-state index in [0.717, 1.165) is 0 Å². The quantitative estimate of drug-likeness (QED) is 0.511. The first-order valence-corrected chi connectivity index (χ1v) is 4.09. The lowest BCUT2D eigenvalue weighted by atomic mass is 10.6. The Morgan fingerprint density at radius 1 is 1.79 bits per heavy atom. The van der Waals surface area contributed by atoms with Crippen LogP contribution in [-0.4, -0.2) is 29.5 Å². The topological polar surface area (TPSA) is 53.4 Å². The fourth-order valence-electron chi connectivity index (χ4n) is 0.858. The molecular formula is C9H12N2O3. The van der Waals surface area contributed by atoms with Crippen LogP contribution < -0.4 is 4.74 Å². The number of carbonyl (C=O) groups is 1. The molecule has 1 rings (SSSR count). The van der Waals surface area contributed by atoms with Gasteiger partial charge in [0.15, 0.2) is 5.75 Å². The average Bonchev–Trinajstić information content (AvgIpc) is 2.62. The van der Waals surface area contributed by atoms with Gasteiger partial charge in [0.05, 0.1) is 19.5 Å². The normalized spacial score (nSPS) is 9.50. The first-order valence-electron chi connectivity index (χ1n) is 4.09. The maximum absolute atomic E-state index is 10.9. The monoisotopic (exact) mass is 196 g/mol. The van der Waals surface area contributed by atoms with Gasteiger partial charge in [-0.3, -0.25) is 9.48 Å². The summed E-state index contributed by atoms with van der Waals surface area (Å²) in [7, 11) is 1.33. The predicted molar refractivity (Wildman–Crippen MR) is 49.9 cm³/mol. The van der Waals surface area contributed by atoms with Crippen molar-refractivity contribution in [3.8, 4) is 5.75 Å². The third kappa shape index (κ3) is 2.93. The van der Waals surface area contributed by atoms with E-state index in [9.17, 15) is 4.79 Å². The number of ether oxygens (including phenoxy) is 2. The molecule has 0 spiro atoms. The zero-order valence-electron chi connectivity index (χ0n) is 7.97. The number of rotatable bonds is 5. The van der Waals surface area contributed by atoms with Crippen molar-refractivity contribution in [3.05, 3.63) is 25.0 Å². The third-order valence-corrected chi connectivity index (χ3v) is 1.50. The van der Waals surface area contributed by atoms with Crippen LogP contribution in [0.4, 0.5) is 0 Å². The molecule has 1 aromatic heterocycles. The van der Waals surface area contributed by atoms with Crippen LogP contribution in [-0.2, 0) is 16.1 Å². The molecule has 0 saturated heterocycles. The molecule has 0 aliphatic rings. The van der Waals surface area contributed by atoms with Gasteiger partial charge in [-0.05, 0) is 0 Å². The van der Waals surface area contributed by atoms with Crippen molar-refractivity contribution in [2.45, 2.75) is 6.54 Å². The number of carbonyl (C=O) groups excluding carboxylic acids is 1. The second kappa shape index (κ2) is 5.06. The van der Waals surface area contributed by atoms with Crippen molar-refractivity contribution in [2.75, 3.05) is 13.7 Å². The van der Waals surface area contributed by atoms with Crippen LogP contribution >= 0.6 is 0 Å². The summed E-state index contributed by atoms with van der Waals surface area (Å²) in [4.78, 5) is 10.9. The van der Waals surface area contributed by atoms with E-state index in [1.165, 1.54) is 18.0 Å². The molecule has 76 valence electrons. The molecule has 0 radical (unpaired) electrons. The van der Waals surface area contributed by atoms with Crippen LogP contribution in [0.2, 0.25) is 0 Å². The van der Waals surface area contributed by atoms with Crippen molar-refractivity contribution in [3.63, 3.8) is 0 Å². The first-order chi connectivity index (χ1) is 6.76. The van der Waals surface area contributed by atoms with Crippen molar-refractivity contribution >= 4 is 5.97 Å². The minimum Gasteiger partial charge on any atom is -0.486 e. The highest BCUT2D eigenvalue weighted by molar-refractivity contribution is 5.68. The number of nitrogens with zero attached hydrogens (tertiary/aromatic N) is 2. The molecule has 5 heteroatoms. The first kappa shape index (κ1) is 10.3. The van der Waals surface area contributed by atoms with Crippen molar-refractivity contribution < 1.29 is 14.3 Å². The molecule has 14 heavy (non-hydrogen) atoms. The molecular weight excluding hydrogens is 184 g/mol. The van der Waals surface area contributed by atoms with E-state index in [0.29, 0.717) is 12.4 Å². The zero-order valence-corrected chi connectivity index (χ0v) is 7.97. The molecule has 0 atom stereocenters. The summed E-state index contributed by atoms with van der Waals surface area (Å²) in [6.07, 6.45) is 4.80. The largest absolute Gasteiger partial charge is 0.486 e. The Balaban J connectivity index is 2.50. The highest BCUT2D eigenvalue weighted by Crippen LogP contribution is 2.07. The lowest BCUT2D eigenvalue weighted by Crippen LogP contribution is -2.11. The van der Waals surface area contributed by atoms with E-state index in [1.54, 1.807) is 12.3 Å². The SMILES string of the molecule is C=CCOc1cnn(CC(=O)OC)c1.